The minimum Gasteiger partial charge on any atom is -0.256 e. The second kappa shape index (κ2) is 3.17. The molecule has 4 heteroatoms. The van der Waals surface area contributed by atoms with Crippen molar-refractivity contribution in [1.29, 1.82) is 0 Å². The summed E-state index contributed by atoms with van der Waals surface area (Å²) >= 11 is 0. The number of nitrogens with one attached hydrogen (secondary N) is 1. The Balaban J connectivity index is 1.93. The largest absolute Gasteiger partial charge is 0.399 e. The fraction of sp³-hybridized carbons (Fsp3) is 0.667. The number of fused-ring (bicyclic) bond motifs is 6. The first-order valence-corrected chi connectivity index (χ1v) is 7.18. The van der Waals surface area contributed by atoms with Crippen LogP contribution >= 0.6 is 0 Å². The molecule has 2 bridgehead atoms. The summed E-state index contributed by atoms with van der Waals surface area (Å²) < 4.78 is 2.11. The van der Waals surface area contributed by atoms with Gasteiger partial charge in [0.2, 0.25) is 0 Å². The molecule has 1 amide bonds. The monoisotopic (exact) mass is 258 g/mol. The third-order valence-electron chi connectivity index (χ3n) is 6.01. The van der Waals surface area contributed by atoms with E-state index < -0.39 is 0 Å². The number of rotatable bonds is 0. The van der Waals surface area contributed by atoms with Crippen LogP contribution in [0.2, 0.25) is 0 Å². The van der Waals surface area contributed by atoms with Crippen LogP contribution in [0.25, 0.3) is 0 Å². The summed E-state index contributed by atoms with van der Waals surface area (Å²) in [5.41, 5.74) is 3.07. The van der Waals surface area contributed by atoms with Gasteiger partial charge in [0, 0.05) is 11.0 Å². The van der Waals surface area contributed by atoms with Gasteiger partial charge >= 0.3 is 5.95 Å². The molecular weight excluding hydrogens is 238 g/mol. The fourth-order valence-corrected chi connectivity index (χ4v) is 4.37. The van der Waals surface area contributed by atoms with Crippen LogP contribution in [-0.2, 0) is 16.8 Å². The van der Waals surface area contributed by atoms with Crippen LogP contribution in [0.1, 0.15) is 57.2 Å². The fourth-order valence-electron chi connectivity index (χ4n) is 4.37. The first kappa shape index (κ1) is 11.4. The molecule has 1 N–H and O–H groups in total. The van der Waals surface area contributed by atoms with Crippen LogP contribution in [0.15, 0.2) is 6.20 Å². The van der Waals surface area contributed by atoms with Crippen LogP contribution < -0.4 is 9.88 Å². The molecule has 2 atom stereocenters. The zero-order valence-corrected chi connectivity index (χ0v) is 11.8. The third-order valence-corrected chi connectivity index (χ3v) is 6.01. The average Bonchev–Trinajstić information content (AvgIpc) is 2.68. The minimum atomic E-state index is 0.0834. The summed E-state index contributed by atoms with van der Waals surface area (Å²) in [6.07, 6.45) is 5.28. The molecule has 0 unspecified atom stereocenters. The molecule has 100 valence electrons. The van der Waals surface area contributed by atoms with E-state index >= 15 is 0 Å². The highest BCUT2D eigenvalue weighted by Crippen LogP contribution is 2.66. The quantitative estimate of drug-likeness (QED) is 0.722. The van der Waals surface area contributed by atoms with E-state index in [0.29, 0.717) is 12.3 Å². The number of aromatic nitrogens is 2. The van der Waals surface area contributed by atoms with Crippen LogP contribution in [0.3, 0.4) is 0 Å². The summed E-state index contributed by atoms with van der Waals surface area (Å²) in [5.74, 6) is 1.44. The second-order valence-corrected chi connectivity index (χ2v) is 7.01. The van der Waals surface area contributed by atoms with E-state index in [1.807, 2.05) is 0 Å². The highest BCUT2D eigenvalue weighted by Gasteiger charge is 2.62. The van der Waals surface area contributed by atoms with E-state index in [1.165, 1.54) is 24.1 Å². The number of hydrogen-bond donors (Lipinski definition) is 1. The van der Waals surface area contributed by atoms with Crippen LogP contribution in [0.5, 0.6) is 0 Å². The summed E-state index contributed by atoms with van der Waals surface area (Å²) in [7, 11) is 0. The van der Waals surface area contributed by atoms with Crippen LogP contribution in [0, 0.1) is 5.41 Å². The molecule has 0 radical (unpaired) electrons. The molecule has 1 aromatic heterocycles. The molecule has 4 nitrogen and oxygen atoms in total. The number of amides is 1. The number of carbonyl (C=O) groups is 1. The lowest BCUT2D eigenvalue weighted by molar-refractivity contribution is -0.686. The summed E-state index contributed by atoms with van der Waals surface area (Å²) in [5, 5.41) is 2.91. The van der Waals surface area contributed by atoms with Gasteiger partial charge in [-0.25, -0.2) is 9.88 Å². The molecule has 1 saturated carbocycles. The van der Waals surface area contributed by atoms with E-state index in [0.717, 1.165) is 12.5 Å². The molecule has 2 heterocycles. The maximum absolute atomic E-state index is 11.5. The normalized spacial score (nSPS) is 33.8. The minimum absolute atomic E-state index is 0.0834. The van der Waals surface area contributed by atoms with Crippen molar-refractivity contribution in [2.24, 2.45) is 5.41 Å². The van der Waals surface area contributed by atoms with E-state index in [4.69, 9.17) is 4.98 Å². The Hall–Kier alpha value is -1.45. The molecule has 19 heavy (non-hydrogen) atoms. The Kier molecular flexibility index (Phi) is 1.90. The van der Waals surface area contributed by atoms with Crippen LogP contribution in [-0.4, -0.2) is 10.9 Å². The van der Waals surface area contributed by atoms with Gasteiger partial charge in [0.1, 0.15) is 5.69 Å². The van der Waals surface area contributed by atoms with E-state index in [9.17, 15) is 4.79 Å². The van der Waals surface area contributed by atoms with Gasteiger partial charge in [-0.15, -0.1) is 0 Å². The molecule has 0 saturated heterocycles. The Morgan fingerprint density at radius 1 is 1.42 bits per heavy atom. The Labute approximate surface area is 113 Å². The van der Waals surface area contributed by atoms with E-state index in [2.05, 4.69) is 36.9 Å². The Morgan fingerprint density at radius 3 is 3.00 bits per heavy atom. The van der Waals surface area contributed by atoms with Gasteiger partial charge in [0.15, 0.2) is 0 Å². The maximum atomic E-state index is 11.5. The van der Waals surface area contributed by atoms with Gasteiger partial charge in [0.25, 0.3) is 5.91 Å². The molecule has 1 aliphatic heterocycles. The predicted octanol–water partition coefficient (Wildman–Crippen LogP) is 1.89. The highest BCUT2D eigenvalue weighted by molar-refractivity contribution is 5.88. The van der Waals surface area contributed by atoms with Crippen molar-refractivity contribution in [3.63, 3.8) is 0 Å². The molecular formula is C15H20N3O+. The predicted molar refractivity (Wildman–Crippen MR) is 70.8 cm³/mol. The lowest BCUT2D eigenvalue weighted by Gasteiger charge is -2.33. The summed E-state index contributed by atoms with van der Waals surface area (Å²) in [6, 6.07) is 0. The Bertz CT molecular complexity index is 608. The standard InChI is InChI=1S/C15H19N3O/c1-14(2)10-4-6-15(14,3)12-9(10)8-18-7-5-11(19)16-13(18)17-12/h8,10H,4-7H2,1-3H3/p+1/t10-,15+/m1/s1. The molecule has 0 aromatic carbocycles. The summed E-state index contributed by atoms with van der Waals surface area (Å²) in [4.78, 5) is 16.4. The number of nitrogens with zero attached hydrogens (tertiary/aromatic N) is 2. The van der Waals surface area contributed by atoms with Crippen molar-refractivity contribution < 1.29 is 9.36 Å². The molecule has 3 aliphatic rings. The van der Waals surface area contributed by atoms with Gasteiger partial charge in [-0.05, 0) is 24.2 Å². The summed E-state index contributed by atoms with van der Waals surface area (Å²) in [6.45, 7) is 7.84. The maximum Gasteiger partial charge on any atom is 0.399 e. The number of aryl methyl sites for hydroxylation is 1. The first-order chi connectivity index (χ1) is 8.93. The van der Waals surface area contributed by atoms with Gasteiger partial charge in [-0.3, -0.25) is 4.79 Å². The van der Waals surface area contributed by atoms with Crippen molar-refractivity contribution in [3.05, 3.63) is 17.5 Å². The molecule has 2 aliphatic carbocycles. The van der Waals surface area contributed by atoms with Crippen molar-refractivity contribution in [2.45, 2.75) is 57.9 Å². The van der Waals surface area contributed by atoms with Gasteiger partial charge < -0.3 is 0 Å². The zero-order chi connectivity index (χ0) is 13.4. The SMILES string of the molecule is CC1(C)[C@@H]2CC[C@@]1(C)c1nc3[n+](cc12)CCC(=O)N3. The van der Waals surface area contributed by atoms with Gasteiger partial charge in [0.05, 0.1) is 19.2 Å². The molecule has 4 rings (SSSR count). The number of anilines is 1. The lowest BCUT2D eigenvalue weighted by Crippen LogP contribution is -2.46. The number of carbonyl (C=O) groups excluding carboxylic acids is 1. The lowest BCUT2D eigenvalue weighted by atomic mass is 9.70. The smallest absolute Gasteiger partial charge is 0.256 e. The van der Waals surface area contributed by atoms with Crippen molar-refractivity contribution >= 4 is 11.9 Å². The highest BCUT2D eigenvalue weighted by atomic mass is 16.1. The van der Waals surface area contributed by atoms with Crippen molar-refractivity contribution in [3.8, 4) is 0 Å². The Morgan fingerprint density at radius 2 is 2.21 bits per heavy atom. The topological polar surface area (TPSA) is 45.9 Å². The molecule has 1 fully saturated rings. The van der Waals surface area contributed by atoms with E-state index in [1.54, 1.807) is 0 Å². The van der Waals surface area contributed by atoms with E-state index in [-0.39, 0.29) is 16.7 Å². The molecule has 1 aromatic rings. The number of hydrogen-bond acceptors (Lipinski definition) is 2. The van der Waals surface area contributed by atoms with Gasteiger partial charge in [-0.1, -0.05) is 25.8 Å². The first-order valence-electron chi connectivity index (χ1n) is 7.18. The second-order valence-electron chi connectivity index (χ2n) is 7.01. The van der Waals surface area contributed by atoms with Crippen molar-refractivity contribution in [2.75, 3.05) is 5.32 Å². The van der Waals surface area contributed by atoms with Crippen molar-refractivity contribution in [1.82, 2.24) is 4.98 Å². The molecule has 0 spiro atoms. The zero-order valence-electron chi connectivity index (χ0n) is 11.8. The van der Waals surface area contributed by atoms with Crippen LogP contribution in [0.4, 0.5) is 5.95 Å². The third kappa shape index (κ3) is 1.18. The average molecular weight is 258 g/mol. The van der Waals surface area contributed by atoms with Gasteiger partial charge in [-0.2, -0.15) is 0 Å².